The summed E-state index contributed by atoms with van der Waals surface area (Å²) in [4.78, 5) is 27.6. The van der Waals surface area contributed by atoms with E-state index in [0.717, 1.165) is 0 Å². The molecule has 0 unspecified atom stereocenters. The van der Waals surface area contributed by atoms with Gasteiger partial charge in [0.25, 0.3) is 0 Å². The number of thiazole rings is 1. The summed E-state index contributed by atoms with van der Waals surface area (Å²) in [5.74, 6) is 0.345. The number of nitrogens with zero attached hydrogens (tertiary/aromatic N) is 3. The normalized spacial score (nSPS) is 9.95. The molecule has 0 saturated heterocycles. The average Bonchev–Trinajstić information content (AvgIpc) is 2.96. The van der Waals surface area contributed by atoms with Crippen LogP contribution in [-0.2, 0) is 0 Å². The predicted molar refractivity (Wildman–Crippen MR) is 87.1 cm³/mol. The van der Waals surface area contributed by atoms with Crippen LogP contribution in [-0.4, -0.2) is 31.8 Å². The Bertz CT molecular complexity index is 638. The van der Waals surface area contributed by atoms with Crippen LogP contribution in [0.25, 0.3) is 0 Å². The van der Waals surface area contributed by atoms with E-state index in [-0.39, 0.29) is 34.0 Å². The minimum Gasteiger partial charge on any atom is -0.315 e. The number of Topliss-reactive ketones (excluding diaryl/α,β-unsaturated/α-hetero) is 1. The quantitative estimate of drug-likeness (QED) is 0.603. The highest BCUT2D eigenvalue weighted by molar-refractivity contribution is 9.09. The Kier molecular flexibility index (Phi) is 6.03. The molecule has 20 heavy (non-hydrogen) atoms. The number of carbonyl (C=O) groups is 2. The molecule has 108 valence electrons. The molecule has 2 aromatic rings. The SMILES string of the molecule is Br.CC(=O)n1ccc(Nc2nc(C)c(C(=O)CBr)s2)n1. The van der Waals surface area contributed by atoms with Crippen molar-refractivity contribution in [3.63, 3.8) is 0 Å². The molecule has 2 aromatic heterocycles. The zero-order chi connectivity index (χ0) is 14.0. The van der Waals surface area contributed by atoms with Crippen LogP contribution >= 0.6 is 44.2 Å². The van der Waals surface area contributed by atoms with Gasteiger partial charge in [-0.3, -0.25) is 9.59 Å². The Morgan fingerprint density at radius 2 is 2.20 bits per heavy atom. The maximum absolute atomic E-state index is 11.6. The van der Waals surface area contributed by atoms with Gasteiger partial charge in [0.15, 0.2) is 16.7 Å². The second-order valence-electron chi connectivity index (χ2n) is 3.78. The number of hydrogen-bond acceptors (Lipinski definition) is 6. The van der Waals surface area contributed by atoms with Crippen molar-refractivity contribution in [2.45, 2.75) is 13.8 Å². The fourth-order valence-corrected chi connectivity index (χ4v) is 2.82. The summed E-state index contributed by atoms with van der Waals surface area (Å²) in [6.45, 7) is 3.21. The lowest BCUT2D eigenvalue weighted by Crippen LogP contribution is -2.06. The Hall–Kier alpha value is -1.06. The molecule has 0 bridgehead atoms. The Morgan fingerprint density at radius 3 is 2.75 bits per heavy atom. The summed E-state index contributed by atoms with van der Waals surface area (Å²) < 4.78 is 1.23. The van der Waals surface area contributed by atoms with Crippen LogP contribution < -0.4 is 5.32 Å². The zero-order valence-electron chi connectivity index (χ0n) is 10.7. The molecule has 9 heteroatoms. The Morgan fingerprint density at radius 1 is 1.50 bits per heavy atom. The Balaban J connectivity index is 0.00000200. The van der Waals surface area contributed by atoms with Crippen LogP contribution in [0.5, 0.6) is 0 Å². The highest BCUT2D eigenvalue weighted by Gasteiger charge is 2.14. The van der Waals surface area contributed by atoms with E-state index < -0.39 is 0 Å². The van der Waals surface area contributed by atoms with Gasteiger partial charge < -0.3 is 5.32 Å². The van der Waals surface area contributed by atoms with E-state index >= 15 is 0 Å². The van der Waals surface area contributed by atoms with Gasteiger partial charge in [0.2, 0.25) is 5.91 Å². The molecule has 0 aromatic carbocycles. The van der Waals surface area contributed by atoms with Gasteiger partial charge in [-0.15, -0.1) is 22.1 Å². The van der Waals surface area contributed by atoms with Crippen molar-refractivity contribution in [1.82, 2.24) is 14.8 Å². The van der Waals surface area contributed by atoms with Gasteiger partial charge in [0, 0.05) is 19.2 Å². The van der Waals surface area contributed by atoms with Crippen molar-refractivity contribution in [2.24, 2.45) is 0 Å². The zero-order valence-corrected chi connectivity index (χ0v) is 14.8. The van der Waals surface area contributed by atoms with Crippen LogP contribution in [0.1, 0.15) is 27.1 Å². The van der Waals surface area contributed by atoms with E-state index in [4.69, 9.17) is 0 Å². The van der Waals surface area contributed by atoms with E-state index in [1.54, 1.807) is 19.2 Å². The predicted octanol–water partition coefficient (Wildman–Crippen LogP) is 3.21. The number of nitrogens with one attached hydrogen (secondary N) is 1. The lowest BCUT2D eigenvalue weighted by molar-refractivity contribution is 0.0921. The van der Waals surface area contributed by atoms with E-state index in [0.29, 0.717) is 21.5 Å². The van der Waals surface area contributed by atoms with Crippen molar-refractivity contribution in [2.75, 3.05) is 10.6 Å². The maximum Gasteiger partial charge on any atom is 0.243 e. The van der Waals surface area contributed by atoms with Crippen LogP contribution in [0, 0.1) is 6.92 Å². The third-order valence-corrected chi connectivity index (χ3v) is 3.94. The second kappa shape index (κ2) is 7.09. The highest BCUT2D eigenvalue weighted by atomic mass is 79.9. The molecule has 1 N–H and O–H groups in total. The minimum atomic E-state index is -0.168. The largest absolute Gasteiger partial charge is 0.315 e. The molecule has 0 aliphatic carbocycles. The standard InChI is InChI=1S/C11H11BrN4O2S.BrH/c1-6-10(8(18)5-12)19-11(13-6)14-9-3-4-16(15-9)7(2)17;/h3-4H,5H2,1-2H3,(H,13,14,15);1H. The van der Waals surface area contributed by atoms with E-state index in [9.17, 15) is 9.59 Å². The third-order valence-electron chi connectivity index (χ3n) is 2.32. The highest BCUT2D eigenvalue weighted by Crippen LogP contribution is 2.25. The lowest BCUT2D eigenvalue weighted by atomic mass is 10.3. The molecule has 0 saturated carbocycles. The topological polar surface area (TPSA) is 76.9 Å². The van der Waals surface area contributed by atoms with Gasteiger partial charge in [-0.25, -0.2) is 9.67 Å². The molecule has 0 amide bonds. The fourth-order valence-electron chi connectivity index (χ4n) is 1.44. The van der Waals surface area contributed by atoms with Crippen LogP contribution in [0.2, 0.25) is 0 Å². The summed E-state index contributed by atoms with van der Waals surface area (Å²) in [6, 6.07) is 1.67. The fraction of sp³-hybridized carbons (Fsp3) is 0.273. The molecule has 6 nitrogen and oxygen atoms in total. The smallest absolute Gasteiger partial charge is 0.243 e. The summed E-state index contributed by atoms with van der Waals surface area (Å²) in [5, 5.41) is 7.86. The average molecular weight is 424 g/mol. The number of aromatic nitrogens is 3. The number of ketones is 1. The third kappa shape index (κ3) is 3.74. The first-order chi connectivity index (χ1) is 9.01. The van der Waals surface area contributed by atoms with Gasteiger partial charge in [-0.05, 0) is 6.92 Å². The van der Waals surface area contributed by atoms with E-state index in [1.807, 2.05) is 0 Å². The number of carbonyl (C=O) groups excluding carboxylic acids is 2. The van der Waals surface area contributed by atoms with Crippen molar-refractivity contribution < 1.29 is 9.59 Å². The summed E-state index contributed by atoms with van der Waals surface area (Å²) in [7, 11) is 0. The molecule has 0 atom stereocenters. The number of aryl methyl sites for hydroxylation is 1. The molecular formula is C11H12Br2N4O2S. The molecular weight excluding hydrogens is 412 g/mol. The molecule has 0 aliphatic heterocycles. The summed E-state index contributed by atoms with van der Waals surface area (Å²) in [5.41, 5.74) is 0.683. The van der Waals surface area contributed by atoms with Crippen molar-refractivity contribution in [3.05, 3.63) is 22.8 Å². The van der Waals surface area contributed by atoms with E-state index in [1.165, 1.54) is 22.9 Å². The molecule has 0 fully saturated rings. The van der Waals surface area contributed by atoms with Gasteiger partial charge in [0.05, 0.1) is 15.9 Å². The Labute approximate surface area is 138 Å². The summed E-state index contributed by atoms with van der Waals surface area (Å²) in [6.07, 6.45) is 1.57. The molecule has 2 rings (SSSR count). The van der Waals surface area contributed by atoms with Crippen molar-refractivity contribution in [3.8, 4) is 0 Å². The van der Waals surface area contributed by atoms with Crippen LogP contribution in [0.4, 0.5) is 10.9 Å². The van der Waals surface area contributed by atoms with Gasteiger partial charge >= 0.3 is 0 Å². The molecule has 0 radical (unpaired) electrons. The molecule has 0 spiro atoms. The maximum atomic E-state index is 11.6. The first kappa shape index (κ1) is 17.0. The minimum absolute atomic E-state index is 0. The van der Waals surface area contributed by atoms with Crippen molar-refractivity contribution in [1.29, 1.82) is 0 Å². The van der Waals surface area contributed by atoms with E-state index in [2.05, 4.69) is 31.3 Å². The van der Waals surface area contributed by atoms with Crippen LogP contribution in [0.3, 0.4) is 0 Å². The lowest BCUT2D eigenvalue weighted by Gasteiger charge is -1.96. The summed E-state index contributed by atoms with van der Waals surface area (Å²) >= 11 is 4.41. The number of halogens is 2. The monoisotopic (exact) mass is 422 g/mol. The molecule has 0 aliphatic rings. The number of rotatable bonds is 4. The molecule has 2 heterocycles. The second-order valence-corrected chi connectivity index (χ2v) is 5.34. The first-order valence-corrected chi connectivity index (χ1v) is 7.35. The van der Waals surface area contributed by atoms with Gasteiger partial charge in [-0.1, -0.05) is 27.3 Å². The van der Waals surface area contributed by atoms with Gasteiger partial charge in [0.1, 0.15) is 0 Å². The number of anilines is 2. The van der Waals surface area contributed by atoms with Gasteiger partial charge in [-0.2, -0.15) is 0 Å². The first-order valence-electron chi connectivity index (χ1n) is 5.41. The van der Waals surface area contributed by atoms with Crippen LogP contribution in [0.15, 0.2) is 12.3 Å². The number of alkyl halides is 1. The van der Waals surface area contributed by atoms with Crippen molar-refractivity contribution >= 4 is 66.9 Å². The number of hydrogen-bond donors (Lipinski definition) is 1.